The summed E-state index contributed by atoms with van der Waals surface area (Å²) in [4.78, 5) is 7.13. The van der Waals surface area contributed by atoms with Crippen molar-refractivity contribution in [2.24, 2.45) is 0 Å². The highest BCUT2D eigenvalue weighted by Gasteiger charge is 2.15. The number of pyridine rings is 1. The zero-order valence-electron chi connectivity index (χ0n) is 12.8. The minimum absolute atomic E-state index is 0.213. The Morgan fingerprint density at radius 1 is 0.957 bits per heavy atom. The van der Waals surface area contributed by atoms with E-state index in [2.05, 4.69) is 22.3 Å². The number of fused-ring (bicyclic) bond motifs is 1. The van der Waals surface area contributed by atoms with Crippen molar-refractivity contribution < 1.29 is 4.39 Å². The lowest BCUT2D eigenvalue weighted by atomic mass is 10.0. The third-order valence-corrected chi connectivity index (χ3v) is 4.30. The van der Waals surface area contributed by atoms with Gasteiger partial charge in [-0.2, -0.15) is 0 Å². The Bertz CT molecular complexity index is 824. The molecule has 0 amide bonds. The largest absolute Gasteiger partial charge is 0.354 e. The number of aromatic nitrogens is 1. The van der Waals surface area contributed by atoms with Crippen molar-refractivity contribution >= 4 is 16.7 Å². The van der Waals surface area contributed by atoms with Crippen molar-refractivity contribution in [2.75, 3.05) is 31.1 Å². The van der Waals surface area contributed by atoms with E-state index in [4.69, 9.17) is 4.98 Å². The van der Waals surface area contributed by atoms with Crippen molar-refractivity contribution in [2.45, 2.75) is 0 Å². The summed E-state index contributed by atoms with van der Waals surface area (Å²) in [6, 6.07) is 16.9. The molecule has 0 saturated carbocycles. The van der Waals surface area contributed by atoms with Gasteiger partial charge in [0.1, 0.15) is 11.6 Å². The van der Waals surface area contributed by atoms with Crippen LogP contribution in [0.15, 0.2) is 54.6 Å². The number of rotatable bonds is 2. The molecular formula is C19H18FN3. The van der Waals surface area contributed by atoms with Gasteiger partial charge in [-0.1, -0.05) is 30.3 Å². The fraction of sp³-hybridized carbons (Fsp3) is 0.211. The molecule has 2 heterocycles. The standard InChI is InChI=1S/C19H18FN3/c20-15-7-5-14(6-8-15)17-13-19(23-11-9-21-10-12-23)22-18-4-2-1-3-16(17)18/h1-8,13,21H,9-12H2. The van der Waals surface area contributed by atoms with Gasteiger partial charge in [0.05, 0.1) is 5.52 Å². The van der Waals surface area contributed by atoms with Gasteiger partial charge in [-0.15, -0.1) is 0 Å². The molecule has 116 valence electrons. The van der Waals surface area contributed by atoms with Gasteiger partial charge in [-0.3, -0.25) is 0 Å². The van der Waals surface area contributed by atoms with Gasteiger partial charge < -0.3 is 10.2 Å². The van der Waals surface area contributed by atoms with E-state index in [9.17, 15) is 4.39 Å². The van der Waals surface area contributed by atoms with Crippen LogP contribution in [0.2, 0.25) is 0 Å². The fourth-order valence-corrected chi connectivity index (χ4v) is 3.09. The monoisotopic (exact) mass is 307 g/mol. The number of anilines is 1. The summed E-state index contributed by atoms with van der Waals surface area (Å²) < 4.78 is 13.3. The highest BCUT2D eigenvalue weighted by Crippen LogP contribution is 2.31. The van der Waals surface area contributed by atoms with Crippen molar-refractivity contribution in [3.63, 3.8) is 0 Å². The topological polar surface area (TPSA) is 28.2 Å². The Morgan fingerprint density at radius 2 is 1.70 bits per heavy atom. The molecule has 3 aromatic rings. The zero-order chi connectivity index (χ0) is 15.6. The maximum Gasteiger partial charge on any atom is 0.129 e. The molecule has 0 atom stereocenters. The first-order valence-corrected chi connectivity index (χ1v) is 7.93. The molecule has 0 aliphatic carbocycles. The van der Waals surface area contributed by atoms with Crippen LogP contribution >= 0.6 is 0 Å². The molecule has 4 rings (SSSR count). The summed E-state index contributed by atoms with van der Waals surface area (Å²) >= 11 is 0. The lowest BCUT2D eigenvalue weighted by Crippen LogP contribution is -2.43. The van der Waals surface area contributed by atoms with Gasteiger partial charge in [0.25, 0.3) is 0 Å². The highest BCUT2D eigenvalue weighted by atomic mass is 19.1. The van der Waals surface area contributed by atoms with Gasteiger partial charge in [0.2, 0.25) is 0 Å². The average Bonchev–Trinajstić information content (AvgIpc) is 2.62. The van der Waals surface area contributed by atoms with Crippen LogP contribution in [-0.4, -0.2) is 31.2 Å². The molecule has 0 radical (unpaired) electrons. The third-order valence-electron chi connectivity index (χ3n) is 4.30. The van der Waals surface area contributed by atoms with Gasteiger partial charge in [0, 0.05) is 31.6 Å². The fourth-order valence-electron chi connectivity index (χ4n) is 3.09. The Hall–Kier alpha value is -2.46. The number of benzene rings is 2. The predicted molar refractivity (Wildman–Crippen MR) is 92.2 cm³/mol. The normalized spacial score (nSPS) is 15.1. The Balaban J connectivity index is 1.88. The van der Waals surface area contributed by atoms with Gasteiger partial charge in [-0.25, -0.2) is 9.37 Å². The molecule has 1 fully saturated rings. The summed E-state index contributed by atoms with van der Waals surface area (Å²) in [6.07, 6.45) is 0. The second kappa shape index (κ2) is 5.97. The third kappa shape index (κ3) is 2.78. The number of hydrogen-bond acceptors (Lipinski definition) is 3. The minimum Gasteiger partial charge on any atom is -0.354 e. The van der Waals surface area contributed by atoms with E-state index < -0.39 is 0 Å². The molecule has 0 spiro atoms. The Labute approximate surface area is 134 Å². The SMILES string of the molecule is Fc1ccc(-c2cc(N3CCNCC3)nc3ccccc23)cc1. The molecule has 1 aromatic heterocycles. The van der Waals surface area contributed by atoms with E-state index in [0.29, 0.717) is 0 Å². The van der Waals surface area contributed by atoms with E-state index in [1.807, 2.05) is 30.3 Å². The first-order valence-electron chi connectivity index (χ1n) is 7.93. The van der Waals surface area contributed by atoms with Crippen molar-refractivity contribution in [3.05, 3.63) is 60.4 Å². The molecular weight excluding hydrogens is 289 g/mol. The minimum atomic E-state index is -0.213. The van der Waals surface area contributed by atoms with Crippen molar-refractivity contribution in [3.8, 4) is 11.1 Å². The van der Waals surface area contributed by atoms with Crippen LogP contribution in [0.3, 0.4) is 0 Å². The first-order chi connectivity index (χ1) is 11.3. The van der Waals surface area contributed by atoms with Crippen LogP contribution in [0.4, 0.5) is 10.2 Å². The zero-order valence-corrected chi connectivity index (χ0v) is 12.8. The van der Waals surface area contributed by atoms with Crippen LogP contribution in [0.25, 0.3) is 22.0 Å². The lowest BCUT2D eigenvalue weighted by Gasteiger charge is -2.29. The average molecular weight is 307 g/mol. The van der Waals surface area contributed by atoms with Crippen LogP contribution in [0.5, 0.6) is 0 Å². The maximum atomic E-state index is 13.3. The van der Waals surface area contributed by atoms with Crippen molar-refractivity contribution in [1.82, 2.24) is 10.3 Å². The van der Waals surface area contributed by atoms with Gasteiger partial charge in [-0.05, 0) is 35.4 Å². The molecule has 4 heteroatoms. The van der Waals surface area contributed by atoms with Gasteiger partial charge >= 0.3 is 0 Å². The number of hydrogen-bond donors (Lipinski definition) is 1. The molecule has 0 unspecified atom stereocenters. The number of para-hydroxylation sites is 1. The van der Waals surface area contributed by atoms with Crippen LogP contribution in [-0.2, 0) is 0 Å². The van der Waals surface area contributed by atoms with Crippen LogP contribution < -0.4 is 10.2 Å². The first kappa shape index (κ1) is 14.2. The molecule has 0 bridgehead atoms. The predicted octanol–water partition coefficient (Wildman–Crippen LogP) is 3.45. The van der Waals surface area contributed by atoms with E-state index in [1.165, 1.54) is 12.1 Å². The van der Waals surface area contributed by atoms with Crippen LogP contribution in [0.1, 0.15) is 0 Å². The van der Waals surface area contributed by atoms with E-state index in [-0.39, 0.29) is 5.82 Å². The molecule has 3 nitrogen and oxygen atoms in total. The van der Waals surface area contributed by atoms with E-state index in [1.54, 1.807) is 0 Å². The van der Waals surface area contributed by atoms with Crippen molar-refractivity contribution in [1.29, 1.82) is 0 Å². The number of nitrogens with zero attached hydrogens (tertiary/aromatic N) is 2. The summed E-state index contributed by atoms with van der Waals surface area (Å²) in [7, 11) is 0. The Kier molecular flexibility index (Phi) is 3.67. The smallest absolute Gasteiger partial charge is 0.129 e. The summed E-state index contributed by atoms with van der Waals surface area (Å²) in [5.74, 6) is 0.777. The molecule has 1 aliphatic heterocycles. The highest BCUT2D eigenvalue weighted by molar-refractivity contribution is 5.96. The lowest BCUT2D eigenvalue weighted by molar-refractivity contribution is 0.585. The number of nitrogens with one attached hydrogen (secondary N) is 1. The summed E-state index contributed by atoms with van der Waals surface area (Å²) in [5, 5.41) is 4.46. The van der Waals surface area contributed by atoms with Gasteiger partial charge in [0.15, 0.2) is 0 Å². The number of piperazine rings is 1. The second-order valence-corrected chi connectivity index (χ2v) is 5.79. The molecule has 1 aliphatic rings. The van der Waals surface area contributed by atoms with E-state index in [0.717, 1.165) is 54.0 Å². The molecule has 1 N–H and O–H groups in total. The molecule has 23 heavy (non-hydrogen) atoms. The quantitative estimate of drug-likeness (QED) is 0.786. The second-order valence-electron chi connectivity index (χ2n) is 5.79. The summed E-state index contributed by atoms with van der Waals surface area (Å²) in [5.41, 5.74) is 3.09. The maximum absolute atomic E-state index is 13.3. The van der Waals surface area contributed by atoms with Crippen LogP contribution in [0, 0.1) is 5.82 Å². The Morgan fingerprint density at radius 3 is 2.48 bits per heavy atom. The number of halogens is 1. The molecule has 1 saturated heterocycles. The van der Waals surface area contributed by atoms with E-state index >= 15 is 0 Å². The molecule has 2 aromatic carbocycles. The summed E-state index contributed by atoms with van der Waals surface area (Å²) in [6.45, 7) is 3.85.